The van der Waals surface area contributed by atoms with Crippen molar-refractivity contribution in [2.45, 2.75) is 0 Å². The summed E-state index contributed by atoms with van der Waals surface area (Å²) in [4.78, 5) is 22.3. The number of esters is 1. The molecule has 0 spiro atoms. The number of carboxylic acids is 1. The van der Waals surface area contributed by atoms with E-state index in [-0.39, 0.29) is 11.3 Å². The number of aromatic carboxylic acids is 1. The van der Waals surface area contributed by atoms with Crippen molar-refractivity contribution in [1.29, 1.82) is 0 Å². The highest BCUT2D eigenvalue weighted by atomic mass is 35.5. The molecule has 0 radical (unpaired) electrons. The number of carboxylic acid groups (broad SMARTS) is 1. The minimum Gasteiger partial charge on any atom is -0.478 e. The Hall–Kier alpha value is -2.59. The molecule has 0 aliphatic rings. The zero-order chi connectivity index (χ0) is 15.2. The standard InChI is InChI=1S/C16H11ClO4/c17-14-4-2-1-3-11(14)7-10-15(18)21-13-8-5-12(6-9-13)16(19)20/h1-10H,(H,19,20)/b10-7+. The molecule has 0 aliphatic heterocycles. The normalized spacial score (nSPS) is 10.5. The summed E-state index contributed by atoms with van der Waals surface area (Å²) in [5.74, 6) is -1.33. The summed E-state index contributed by atoms with van der Waals surface area (Å²) in [6.07, 6.45) is 2.81. The molecular weight excluding hydrogens is 292 g/mol. The van der Waals surface area contributed by atoms with Gasteiger partial charge in [-0.25, -0.2) is 9.59 Å². The van der Waals surface area contributed by atoms with Gasteiger partial charge in [-0.3, -0.25) is 0 Å². The first kappa shape index (κ1) is 14.8. The lowest BCUT2D eigenvalue weighted by Crippen LogP contribution is -2.04. The molecule has 0 aromatic heterocycles. The number of hydrogen-bond donors (Lipinski definition) is 1. The van der Waals surface area contributed by atoms with E-state index in [9.17, 15) is 9.59 Å². The van der Waals surface area contributed by atoms with Gasteiger partial charge in [0.15, 0.2) is 0 Å². The number of hydrogen-bond acceptors (Lipinski definition) is 3. The Morgan fingerprint density at radius 1 is 1.05 bits per heavy atom. The highest BCUT2D eigenvalue weighted by Crippen LogP contribution is 2.17. The highest BCUT2D eigenvalue weighted by molar-refractivity contribution is 6.32. The first-order valence-corrected chi connectivity index (χ1v) is 6.42. The molecule has 0 bridgehead atoms. The van der Waals surface area contributed by atoms with Crippen LogP contribution >= 0.6 is 11.6 Å². The fraction of sp³-hybridized carbons (Fsp3) is 0. The van der Waals surface area contributed by atoms with Crippen molar-refractivity contribution in [3.05, 3.63) is 70.8 Å². The van der Waals surface area contributed by atoms with Crippen LogP contribution < -0.4 is 4.74 Å². The van der Waals surface area contributed by atoms with Gasteiger partial charge >= 0.3 is 11.9 Å². The van der Waals surface area contributed by atoms with Crippen LogP contribution in [0.5, 0.6) is 5.75 Å². The quantitative estimate of drug-likeness (QED) is 0.532. The van der Waals surface area contributed by atoms with Crippen LogP contribution in [0, 0.1) is 0 Å². The van der Waals surface area contributed by atoms with E-state index in [4.69, 9.17) is 21.4 Å². The summed E-state index contributed by atoms with van der Waals surface area (Å²) in [7, 11) is 0. The third kappa shape index (κ3) is 4.19. The van der Waals surface area contributed by atoms with Crippen molar-refractivity contribution in [2.75, 3.05) is 0 Å². The molecule has 0 aliphatic carbocycles. The maximum absolute atomic E-state index is 11.6. The van der Waals surface area contributed by atoms with Gasteiger partial charge in [0.1, 0.15) is 5.75 Å². The van der Waals surface area contributed by atoms with Crippen LogP contribution in [0.4, 0.5) is 0 Å². The molecule has 0 heterocycles. The monoisotopic (exact) mass is 302 g/mol. The van der Waals surface area contributed by atoms with Gasteiger partial charge in [0.2, 0.25) is 0 Å². The molecule has 0 fully saturated rings. The highest BCUT2D eigenvalue weighted by Gasteiger charge is 2.04. The van der Waals surface area contributed by atoms with E-state index < -0.39 is 11.9 Å². The lowest BCUT2D eigenvalue weighted by Gasteiger charge is -2.02. The smallest absolute Gasteiger partial charge is 0.336 e. The predicted molar refractivity (Wildman–Crippen MR) is 79.5 cm³/mol. The summed E-state index contributed by atoms with van der Waals surface area (Å²) < 4.78 is 5.05. The first-order chi connectivity index (χ1) is 10.1. The molecule has 0 amide bonds. The van der Waals surface area contributed by atoms with Crippen molar-refractivity contribution in [3.8, 4) is 5.75 Å². The predicted octanol–water partition coefficient (Wildman–Crippen LogP) is 3.66. The van der Waals surface area contributed by atoms with Crippen LogP contribution in [-0.4, -0.2) is 17.0 Å². The van der Waals surface area contributed by atoms with Crippen LogP contribution in [-0.2, 0) is 4.79 Å². The SMILES string of the molecule is O=C(/C=C/c1ccccc1Cl)Oc1ccc(C(=O)O)cc1. The summed E-state index contributed by atoms with van der Waals surface area (Å²) in [5.41, 5.74) is 0.832. The van der Waals surface area contributed by atoms with E-state index in [1.807, 2.05) is 6.07 Å². The van der Waals surface area contributed by atoms with E-state index in [1.54, 1.807) is 24.3 Å². The fourth-order valence-corrected chi connectivity index (χ4v) is 1.78. The minimum atomic E-state index is -1.04. The summed E-state index contributed by atoms with van der Waals surface area (Å²) >= 11 is 5.96. The van der Waals surface area contributed by atoms with Gasteiger partial charge in [0, 0.05) is 11.1 Å². The molecule has 0 atom stereocenters. The first-order valence-electron chi connectivity index (χ1n) is 6.04. The van der Waals surface area contributed by atoms with Crippen LogP contribution in [0.15, 0.2) is 54.6 Å². The average Bonchev–Trinajstić information content (AvgIpc) is 2.47. The van der Waals surface area contributed by atoms with Crippen LogP contribution in [0.1, 0.15) is 15.9 Å². The van der Waals surface area contributed by atoms with Gasteiger partial charge < -0.3 is 9.84 Å². The Kier molecular flexibility index (Phi) is 4.74. The van der Waals surface area contributed by atoms with Gasteiger partial charge in [0.25, 0.3) is 0 Å². The fourth-order valence-electron chi connectivity index (χ4n) is 1.58. The van der Waals surface area contributed by atoms with Gasteiger partial charge in [-0.2, -0.15) is 0 Å². The molecule has 5 heteroatoms. The summed E-state index contributed by atoms with van der Waals surface area (Å²) in [6, 6.07) is 12.7. The van der Waals surface area contributed by atoms with E-state index in [0.29, 0.717) is 10.6 Å². The third-order valence-electron chi connectivity index (χ3n) is 2.62. The molecule has 4 nitrogen and oxygen atoms in total. The number of rotatable bonds is 4. The van der Waals surface area contributed by atoms with E-state index in [2.05, 4.69) is 0 Å². The van der Waals surface area contributed by atoms with Crippen LogP contribution in [0.2, 0.25) is 5.02 Å². The molecule has 106 valence electrons. The summed E-state index contributed by atoms with van der Waals surface area (Å²) in [6.45, 7) is 0. The summed E-state index contributed by atoms with van der Waals surface area (Å²) in [5, 5.41) is 9.30. The van der Waals surface area contributed by atoms with Crippen LogP contribution in [0.3, 0.4) is 0 Å². The number of carbonyl (C=O) groups excluding carboxylic acids is 1. The molecule has 0 saturated carbocycles. The third-order valence-corrected chi connectivity index (χ3v) is 2.97. The van der Waals surface area contributed by atoms with E-state index in [1.165, 1.54) is 30.3 Å². The van der Waals surface area contributed by atoms with E-state index in [0.717, 1.165) is 0 Å². The second kappa shape index (κ2) is 6.72. The molecule has 2 aromatic rings. The Morgan fingerprint density at radius 2 is 1.71 bits per heavy atom. The lowest BCUT2D eigenvalue weighted by molar-refractivity contribution is -0.128. The van der Waals surface area contributed by atoms with E-state index >= 15 is 0 Å². The Morgan fingerprint density at radius 3 is 2.33 bits per heavy atom. The molecule has 0 saturated heterocycles. The van der Waals surface area contributed by atoms with Crippen molar-refractivity contribution in [1.82, 2.24) is 0 Å². The van der Waals surface area contributed by atoms with Gasteiger partial charge in [-0.1, -0.05) is 29.8 Å². The number of benzene rings is 2. The maximum Gasteiger partial charge on any atom is 0.336 e. The topological polar surface area (TPSA) is 63.6 Å². The second-order valence-electron chi connectivity index (χ2n) is 4.11. The molecule has 1 N–H and O–H groups in total. The average molecular weight is 303 g/mol. The van der Waals surface area contributed by atoms with Crippen molar-refractivity contribution in [3.63, 3.8) is 0 Å². The largest absolute Gasteiger partial charge is 0.478 e. The second-order valence-corrected chi connectivity index (χ2v) is 4.51. The zero-order valence-corrected chi connectivity index (χ0v) is 11.6. The van der Waals surface area contributed by atoms with Gasteiger partial charge in [-0.15, -0.1) is 0 Å². The Labute approximate surface area is 126 Å². The van der Waals surface area contributed by atoms with Gasteiger partial charge in [0.05, 0.1) is 5.56 Å². The lowest BCUT2D eigenvalue weighted by atomic mass is 10.2. The molecule has 2 aromatic carbocycles. The van der Waals surface area contributed by atoms with Gasteiger partial charge in [-0.05, 0) is 42.0 Å². The number of carbonyl (C=O) groups is 2. The zero-order valence-electron chi connectivity index (χ0n) is 10.8. The number of ether oxygens (including phenoxy) is 1. The van der Waals surface area contributed by atoms with Crippen molar-refractivity contribution >= 4 is 29.6 Å². The Balaban J connectivity index is 2.02. The minimum absolute atomic E-state index is 0.126. The Bertz CT molecular complexity index is 690. The molecule has 0 unspecified atom stereocenters. The van der Waals surface area contributed by atoms with Crippen LogP contribution in [0.25, 0.3) is 6.08 Å². The van der Waals surface area contributed by atoms with Crippen molar-refractivity contribution < 1.29 is 19.4 Å². The molecular formula is C16H11ClO4. The maximum atomic E-state index is 11.6. The molecule has 21 heavy (non-hydrogen) atoms. The number of halogens is 1. The molecule has 2 rings (SSSR count). The van der Waals surface area contributed by atoms with Crippen molar-refractivity contribution in [2.24, 2.45) is 0 Å².